The van der Waals surface area contributed by atoms with Crippen molar-refractivity contribution >= 4 is 39.3 Å². The number of unbranched alkanes of at least 4 members (excludes halogenated alkanes) is 10. The maximum atomic E-state index is 5.23. The van der Waals surface area contributed by atoms with Gasteiger partial charge in [0.1, 0.15) is 11.5 Å². The Morgan fingerprint density at radius 1 is 0.700 bits per heavy atom. The molecule has 0 radical (unpaired) electrons. The van der Waals surface area contributed by atoms with Crippen molar-refractivity contribution in [1.29, 1.82) is 0 Å². The van der Waals surface area contributed by atoms with Gasteiger partial charge in [0.25, 0.3) is 0 Å². The van der Waals surface area contributed by atoms with E-state index < -0.39 is 0 Å². The zero-order chi connectivity index (χ0) is 15.1. The molecule has 0 aromatic rings. The van der Waals surface area contributed by atoms with E-state index in [-0.39, 0.29) is 10.9 Å². The minimum Gasteiger partial charge on any atom is -0.377 e. The van der Waals surface area contributed by atoms with Crippen LogP contribution in [0.1, 0.15) is 90.9 Å². The van der Waals surface area contributed by atoms with E-state index in [1.165, 1.54) is 88.6 Å². The Morgan fingerprint density at radius 3 is 1.55 bits per heavy atom. The van der Waals surface area contributed by atoms with Crippen LogP contribution in [0.25, 0.3) is 0 Å². The van der Waals surface area contributed by atoms with Crippen LogP contribution in [0.15, 0.2) is 0 Å². The maximum absolute atomic E-state index is 5.23. The first-order chi connectivity index (χ1) is 9.72. The molecule has 1 atom stereocenters. The van der Waals surface area contributed by atoms with Crippen LogP contribution < -0.4 is 0 Å². The molecule has 0 aliphatic rings. The molecule has 1 unspecified atom stereocenters. The van der Waals surface area contributed by atoms with E-state index in [4.69, 9.17) is 24.8 Å². The van der Waals surface area contributed by atoms with Crippen LogP contribution in [-0.4, -0.2) is 15.0 Å². The largest absolute Gasteiger partial charge is 0.377 e. The third-order valence-corrected chi connectivity index (χ3v) is 7.17. The molecule has 0 N–H and O–H groups in total. The molecule has 0 aromatic carbocycles. The number of hydrogen-bond donors (Lipinski definition) is 0. The Balaban J connectivity index is 3.34. The molecule has 3 heteroatoms. The first-order valence-corrected chi connectivity index (χ1v) is 11.0. The molecule has 0 nitrogen and oxygen atoms in total. The summed E-state index contributed by atoms with van der Waals surface area (Å²) in [5.74, 6) is 2.51. The molecule has 0 saturated heterocycles. The number of thiocarbonyl (C=S) groups is 1. The Labute approximate surface area is 141 Å². The summed E-state index contributed by atoms with van der Waals surface area (Å²) in [7, 11) is 0.258. The summed E-state index contributed by atoms with van der Waals surface area (Å²) in [4.78, 5) is 0. The topological polar surface area (TPSA) is 0 Å². The maximum Gasteiger partial charge on any atom is 0.112 e. The molecular weight excluding hydrogens is 300 g/mol. The quantitative estimate of drug-likeness (QED) is 0.161. The molecule has 0 saturated carbocycles. The van der Waals surface area contributed by atoms with Crippen LogP contribution >= 0.6 is 12.2 Å². The average Bonchev–Trinajstić information content (AvgIpc) is 2.43. The van der Waals surface area contributed by atoms with Gasteiger partial charge in [0, 0.05) is 10.9 Å². The van der Waals surface area contributed by atoms with Crippen LogP contribution in [0.4, 0.5) is 0 Å². The summed E-state index contributed by atoms with van der Waals surface area (Å²) in [5, 5.41) is 0. The summed E-state index contributed by atoms with van der Waals surface area (Å²) in [6.45, 7) is 4.53. The third kappa shape index (κ3) is 13.6. The van der Waals surface area contributed by atoms with E-state index >= 15 is 0 Å². The highest BCUT2D eigenvalue weighted by molar-refractivity contribution is 8.34. The number of rotatable bonds is 14. The highest BCUT2D eigenvalue weighted by Gasteiger charge is 2.15. The Bertz CT molecular complexity index is 216. The second-order valence-corrected chi connectivity index (χ2v) is 9.49. The van der Waals surface area contributed by atoms with Crippen molar-refractivity contribution < 1.29 is 0 Å². The highest BCUT2D eigenvalue weighted by atomic mass is 32.3. The van der Waals surface area contributed by atoms with Crippen molar-refractivity contribution in [3.05, 3.63) is 0 Å². The summed E-state index contributed by atoms with van der Waals surface area (Å²) in [5.41, 5.74) is 0. The van der Waals surface area contributed by atoms with E-state index in [1.54, 1.807) is 0 Å². The number of hydrogen-bond acceptors (Lipinski definition) is 2. The predicted molar refractivity (Wildman–Crippen MR) is 104 cm³/mol. The molecule has 0 aliphatic carbocycles. The summed E-state index contributed by atoms with van der Waals surface area (Å²) < 4.78 is 0.856. The van der Waals surface area contributed by atoms with Crippen LogP contribution in [-0.2, 0) is 23.5 Å². The Kier molecular flexibility index (Phi) is 16.6. The van der Waals surface area contributed by atoms with Gasteiger partial charge < -0.3 is 24.8 Å². The SMILES string of the molecule is CCCCCCCCCCCC[S+](CCCC)C(=S)[S-]. The van der Waals surface area contributed by atoms with Gasteiger partial charge in [-0.25, -0.2) is 0 Å². The van der Waals surface area contributed by atoms with Crippen LogP contribution in [0.5, 0.6) is 0 Å². The Hall–Kier alpha value is 0.660. The molecule has 0 amide bonds. The summed E-state index contributed by atoms with van der Waals surface area (Å²) >= 11 is 10.5. The van der Waals surface area contributed by atoms with Crippen molar-refractivity contribution in [2.45, 2.75) is 90.9 Å². The molecule has 0 fully saturated rings. The minimum atomic E-state index is 0.258. The summed E-state index contributed by atoms with van der Waals surface area (Å²) in [6, 6.07) is 0. The normalized spacial score (nSPS) is 12.5. The van der Waals surface area contributed by atoms with Gasteiger partial charge in [0.05, 0.1) is 3.53 Å². The van der Waals surface area contributed by atoms with E-state index in [2.05, 4.69) is 13.8 Å². The highest BCUT2D eigenvalue weighted by Crippen LogP contribution is 2.13. The molecule has 0 aromatic heterocycles. The molecular formula is C17H34S3. The molecule has 0 rings (SSSR count). The predicted octanol–water partition coefficient (Wildman–Crippen LogP) is 6.16. The Morgan fingerprint density at radius 2 is 1.10 bits per heavy atom. The van der Waals surface area contributed by atoms with Crippen LogP contribution in [0, 0.1) is 0 Å². The van der Waals surface area contributed by atoms with Crippen molar-refractivity contribution in [1.82, 2.24) is 0 Å². The van der Waals surface area contributed by atoms with Gasteiger partial charge in [-0.3, -0.25) is 0 Å². The lowest BCUT2D eigenvalue weighted by Crippen LogP contribution is -2.19. The smallest absolute Gasteiger partial charge is 0.112 e. The van der Waals surface area contributed by atoms with E-state index in [9.17, 15) is 0 Å². The molecule has 0 spiro atoms. The fourth-order valence-electron chi connectivity index (χ4n) is 2.35. The first-order valence-electron chi connectivity index (χ1n) is 8.60. The van der Waals surface area contributed by atoms with Gasteiger partial charge in [-0.2, -0.15) is 0 Å². The molecule has 120 valence electrons. The minimum absolute atomic E-state index is 0.258. The lowest BCUT2D eigenvalue weighted by molar-refractivity contribution is 0.563. The first kappa shape index (κ1) is 20.7. The second kappa shape index (κ2) is 16.0. The second-order valence-electron chi connectivity index (χ2n) is 5.69. The fourth-order valence-corrected chi connectivity index (χ4v) is 5.08. The van der Waals surface area contributed by atoms with Crippen molar-refractivity contribution in [3.63, 3.8) is 0 Å². The molecule has 0 heterocycles. The standard InChI is InChI=1S/C17H34S3/c1-3-5-7-8-9-10-11-12-13-14-16-20(17(18)19)15-6-4-2/h3-16H2,1-2H3. The third-order valence-electron chi connectivity index (χ3n) is 3.72. The monoisotopic (exact) mass is 334 g/mol. The molecule has 0 bridgehead atoms. The van der Waals surface area contributed by atoms with Crippen LogP contribution in [0.3, 0.4) is 0 Å². The van der Waals surface area contributed by atoms with E-state index in [1.807, 2.05) is 0 Å². The van der Waals surface area contributed by atoms with Gasteiger partial charge in [-0.1, -0.05) is 71.6 Å². The average molecular weight is 335 g/mol. The van der Waals surface area contributed by atoms with Gasteiger partial charge in [-0.15, -0.1) is 0 Å². The van der Waals surface area contributed by atoms with Crippen LogP contribution in [0.2, 0.25) is 0 Å². The van der Waals surface area contributed by atoms with Gasteiger partial charge in [0.2, 0.25) is 0 Å². The summed E-state index contributed by atoms with van der Waals surface area (Å²) in [6.07, 6.45) is 16.6. The van der Waals surface area contributed by atoms with Gasteiger partial charge >= 0.3 is 0 Å². The van der Waals surface area contributed by atoms with E-state index in [0.29, 0.717) is 0 Å². The molecule has 20 heavy (non-hydrogen) atoms. The lowest BCUT2D eigenvalue weighted by Gasteiger charge is -2.10. The fraction of sp³-hybridized carbons (Fsp3) is 0.941. The zero-order valence-electron chi connectivity index (χ0n) is 13.6. The van der Waals surface area contributed by atoms with Gasteiger partial charge in [0.15, 0.2) is 0 Å². The van der Waals surface area contributed by atoms with Gasteiger partial charge in [-0.05, 0) is 19.3 Å². The van der Waals surface area contributed by atoms with Crippen molar-refractivity contribution in [2.75, 3.05) is 11.5 Å². The lowest BCUT2D eigenvalue weighted by atomic mass is 10.1. The molecule has 0 aliphatic heterocycles. The van der Waals surface area contributed by atoms with Crippen molar-refractivity contribution in [2.24, 2.45) is 0 Å². The zero-order valence-corrected chi connectivity index (χ0v) is 16.1. The van der Waals surface area contributed by atoms with Crippen molar-refractivity contribution in [3.8, 4) is 0 Å². The van der Waals surface area contributed by atoms with E-state index in [0.717, 1.165) is 3.53 Å².